The van der Waals surface area contributed by atoms with Crippen LogP contribution in [0.5, 0.6) is 0 Å². The van der Waals surface area contributed by atoms with E-state index in [1.807, 2.05) is 37.3 Å². The highest BCUT2D eigenvalue weighted by molar-refractivity contribution is 8.00. The zero-order chi connectivity index (χ0) is 14.5. The van der Waals surface area contributed by atoms with Crippen molar-refractivity contribution in [3.05, 3.63) is 30.3 Å². The van der Waals surface area contributed by atoms with E-state index in [2.05, 4.69) is 0 Å². The number of hydrogen-bond acceptors (Lipinski definition) is 3. The van der Waals surface area contributed by atoms with Gasteiger partial charge >= 0.3 is 5.97 Å². The third-order valence-electron chi connectivity index (χ3n) is 3.61. The van der Waals surface area contributed by atoms with Crippen LogP contribution in [0.3, 0.4) is 0 Å². The number of carboxylic acids is 1. The summed E-state index contributed by atoms with van der Waals surface area (Å²) in [5, 5.41) is 9.31. The van der Waals surface area contributed by atoms with E-state index >= 15 is 0 Å². The van der Waals surface area contributed by atoms with Gasteiger partial charge in [-0.3, -0.25) is 4.79 Å². The Bertz CT molecular complexity index is 477. The number of carbonyl (C=O) groups is 2. The van der Waals surface area contributed by atoms with Crippen LogP contribution >= 0.6 is 11.8 Å². The lowest BCUT2D eigenvalue weighted by atomic mass is 9.91. The highest BCUT2D eigenvalue weighted by Gasteiger charge is 2.36. The minimum atomic E-state index is -0.893. The maximum absolute atomic E-state index is 12.3. The standard InChI is InChI=1S/C15H19NO3S/c1-11-6-5-9-16(14(11)15(18)19)13(17)10-20-12-7-3-2-4-8-12/h2-4,7-8,11,14H,5-6,9-10H2,1H3,(H,18,19). The fourth-order valence-electron chi connectivity index (χ4n) is 2.59. The monoisotopic (exact) mass is 293 g/mol. The van der Waals surface area contributed by atoms with Gasteiger partial charge in [-0.15, -0.1) is 11.8 Å². The van der Waals surface area contributed by atoms with Crippen LogP contribution in [0.1, 0.15) is 19.8 Å². The molecule has 1 saturated heterocycles. The van der Waals surface area contributed by atoms with Crippen LogP contribution in [0.25, 0.3) is 0 Å². The van der Waals surface area contributed by atoms with Crippen molar-refractivity contribution in [2.45, 2.75) is 30.7 Å². The molecule has 2 rings (SSSR count). The van der Waals surface area contributed by atoms with Gasteiger partial charge < -0.3 is 10.0 Å². The Morgan fingerprint density at radius 2 is 2.05 bits per heavy atom. The number of carboxylic acid groups (broad SMARTS) is 1. The molecule has 5 heteroatoms. The zero-order valence-electron chi connectivity index (χ0n) is 11.5. The highest BCUT2D eigenvalue weighted by Crippen LogP contribution is 2.25. The van der Waals surface area contributed by atoms with Crippen LogP contribution < -0.4 is 0 Å². The van der Waals surface area contributed by atoms with Crippen LogP contribution in [0, 0.1) is 5.92 Å². The largest absolute Gasteiger partial charge is 0.480 e. The number of aliphatic carboxylic acids is 1. The Morgan fingerprint density at radius 3 is 2.70 bits per heavy atom. The van der Waals surface area contributed by atoms with Gasteiger partial charge in [0.15, 0.2) is 0 Å². The Kier molecular flexibility index (Phi) is 5.06. The highest BCUT2D eigenvalue weighted by atomic mass is 32.2. The SMILES string of the molecule is CC1CCCN(C(=O)CSc2ccccc2)C1C(=O)O. The molecule has 2 unspecified atom stereocenters. The van der Waals surface area contributed by atoms with Gasteiger partial charge in [-0.25, -0.2) is 4.79 Å². The van der Waals surface area contributed by atoms with E-state index in [9.17, 15) is 14.7 Å². The van der Waals surface area contributed by atoms with Gasteiger partial charge in [0.1, 0.15) is 6.04 Å². The Balaban J connectivity index is 1.98. The average molecular weight is 293 g/mol. The lowest BCUT2D eigenvalue weighted by Gasteiger charge is -2.37. The molecule has 1 amide bonds. The van der Waals surface area contributed by atoms with Crippen molar-refractivity contribution < 1.29 is 14.7 Å². The Labute approximate surface area is 123 Å². The van der Waals surface area contributed by atoms with E-state index < -0.39 is 12.0 Å². The van der Waals surface area contributed by atoms with E-state index in [0.29, 0.717) is 12.3 Å². The second kappa shape index (κ2) is 6.79. The number of amides is 1. The molecule has 1 aromatic carbocycles. The molecule has 0 radical (unpaired) electrons. The third kappa shape index (κ3) is 3.54. The second-order valence-electron chi connectivity index (χ2n) is 5.09. The summed E-state index contributed by atoms with van der Waals surface area (Å²) in [7, 11) is 0. The van der Waals surface area contributed by atoms with E-state index in [1.165, 1.54) is 16.7 Å². The maximum atomic E-state index is 12.3. The summed E-state index contributed by atoms with van der Waals surface area (Å²) < 4.78 is 0. The fourth-order valence-corrected chi connectivity index (χ4v) is 3.39. The molecule has 0 aliphatic carbocycles. The second-order valence-corrected chi connectivity index (χ2v) is 6.14. The van der Waals surface area contributed by atoms with Crippen LogP contribution in [0.15, 0.2) is 35.2 Å². The van der Waals surface area contributed by atoms with Crippen LogP contribution in [0.2, 0.25) is 0 Å². The molecule has 0 aromatic heterocycles. The molecule has 2 atom stereocenters. The first kappa shape index (κ1) is 14.9. The van der Waals surface area contributed by atoms with Gasteiger partial charge in [-0.2, -0.15) is 0 Å². The predicted octanol–water partition coefficient (Wildman–Crippen LogP) is 2.49. The average Bonchev–Trinajstić information content (AvgIpc) is 2.45. The normalized spacial score (nSPS) is 22.6. The predicted molar refractivity (Wildman–Crippen MR) is 78.7 cm³/mol. The molecular weight excluding hydrogens is 274 g/mol. The first-order valence-electron chi connectivity index (χ1n) is 6.79. The summed E-state index contributed by atoms with van der Waals surface area (Å²) in [6.07, 6.45) is 1.75. The molecule has 0 saturated carbocycles. The molecule has 1 aromatic rings. The topological polar surface area (TPSA) is 57.6 Å². The molecular formula is C15H19NO3S. The Hall–Kier alpha value is -1.49. The lowest BCUT2D eigenvalue weighted by Crippen LogP contribution is -2.52. The first-order valence-corrected chi connectivity index (χ1v) is 7.78. The van der Waals surface area contributed by atoms with Crippen molar-refractivity contribution >= 4 is 23.6 Å². The number of rotatable bonds is 4. The van der Waals surface area contributed by atoms with Gasteiger partial charge in [0.2, 0.25) is 5.91 Å². The quantitative estimate of drug-likeness (QED) is 0.867. The minimum Gasteiger partial charge on any atom is -0.480 e. The van der Waals surface area contributed by atoms with E-state index in [-0.39, 0.29) is 11.8 Å². The Morgan fingerprint density at radius 1 is 1.35 bits per heavy atom. The van der Waals surface area contributed by atoms with Gasteiger partial charge in [-0.1, -0.05) is 25.1 Å². The van der Waals surface area contributed by atoms with Crippen molar-refractivity contribution in [1.29, 1.82) is 0 Å². The molecule has 1 fully saturated rings. The van der Waals surface area contributed by atoms with Crippen molar-refractivity contribution in [2.75, 3.05) is 12.3 Å². The van der Waals surface area contributed by atoms with E-state index in [1.54, 1.807) is 0 Å². The number of benzene rings is 1. The van der Waals surface area contributed by atoms with E-state index in [0.717, 1.165) is 17.7 Å². The van der Waals surface area contributed by atoms with Crippen molar-refractivity contribution in [1.82, 2.24) is 4.90 Å². The molecule has 0 spiro atoms. The summed E-state index contributed by atoms with van der Waals surface area (Å²) >= 11 is 1.45. The molecule has 4 nitrogen and oxygen atoms in total. The summed E-state index contributed by atoms with van der Waals surface area (Å²) in [6, 6.07) is 9.01. The number of likely N-dealkylation sites (tertiary alicyclic amines) is 1. The van der Waals surface area contributed by atoms with Crippen molar-refractivity contribution in [3.8, 4) is 0 Å². The summed E-state index contributed by atoms with van der Waals surface area (Å²) in [5.74, 6) is -0.666. The number of thioether (sulfide) groups is 1. The minimum absolute atomic E-state index is 0.0203. The summed E-state index contributed by atoms with van der Waals surface area (Å²) in [6.45, 7) is 2.46. The van der Waals surface area contributed by atoms with Crippen molar-refractivity contribution in [3.63, 3.8) is 0 Å². The molecule has 1 aliphatic rings. The summed E-state index contributed by atoms with van der Waals surface area (Å²) in [4.78, 5) is 26.2. The molecule has 1 N–H and O–H groups in total. The fraction of sp³-hybridized carbons (Fsp3) is 0.467. The molecule has 1 aliphatic heterocycles. The number of carbonyl (C=O) groups excluding carboxylic acids is 1. The van der Waals surface area contributed by atoms with Gasteiger partial charge in [-0.05, 0) is 30.9 Å². The first-order chi connectivity index (χ1) is 9.59. The number of hydrogen-bond donors (Lipinski definition) is 1. The molecule has 1 heterocycles. The van der Waals surface area contributed by atoms with E-state index in [4.69, 9.17) is 0 Å². The van der Waals surface area contributed by atoms with Gasteiger partial charge in [0, 0.05) is 11.4 Å². The van der Waals surface area contributed by atoms with Crippen LogP contribution in [-0.4, -0.2) is 40.2 Å². The van der Waals surface area contributed by atoms with Crippen molar-refractivity contribution in [2.24, 2.45) is 5.92 Å². The van der Waals surface area contributed by atoms with Gasteiger partial charge in [0.05, 0.1) is 5.75 Å². The smallest absolute Gasteiger partial charge is 0.326 e. The molecule has 108 valence electrons. The number of piperidine rings is 1. The van der Waals surface area contributed by atoms with Gasteiger partial charge in [0.25, 0.3) is 0 Å². The number of nitrogens with zero attached hydrogens (tertiary/aromatic N) is 1. The summed E-state index contributed by atoms with van der Waals surface area (Å²) in [5.41, 5.74) is 0. The third-order valence-corrected chi connectivity index (χ3v) is 4.61. The van der Waals surface area contributed by atoms with Crippen LogP contribution in [0.4, 0.5) is 0 Å². The zero-order valence-corrected chi connectivity index (χ0v) is 12.3. The maximum Gasteiger partial charge on any atom is 0.326 e. The van der Waals surface area contributed by atoms with Crippen LogP contribution in [-0.2, 0) is 9.59 Å². The molecule has 20 heavy (non-hydrogen) atoms. The lowest BCUT2D eigenvalue weighted by molar-refractivity contribution is -0.153. The molecule has 0 bridgehead atoms.